The number of thiophene rings is 1. The minimum Gasteiger partial charge on any atom is -0.339 e. The maximum absolute atomic E-state index is 13.1. The van der Waals surface area contributed by atoms with Gasteiger partial charge in [0.1, 0.15) is 0 Å². The number of imidazole rings is 1. The van der Waals surface area contributed by atoms with Crippen LogP contribution in [0.4, 0.5) is 5.95 Å². The Bertz CT molecular complexity index is 1380. The molecule has 1 aliphatic heterocycles. The van der Waals surface area contributed by atoms with Crippen LogP contribution in [0.1, 0.15) is 35.0 Å². The number of para-hydroxylation sites is 2. The summed E-state index contributed by atoms with van der Waals surface area (Å²) in [6, 6.07) is 18.2. The number of anilines is 1. The standard InChI is InChI=1S/C26H24N4O2S/c1-2-23(31)29-12-11-26(16-29)14-18(15-26)30-20-9-5-4-8-19(20)27-25(30)28-24(32)22-13-17-7-3-6-10-21(17)33-22/h2-10,13,18H,1,11-12,14-16H2,(H,27,28,32). The van der Waals surface area contributed by atoms with Gasteiger partial charge in [0, 0.05) is 23.8 Å². The molecular formula is C26H24N4O2S. The van der Waals surface area contributed by atoms with E-state index in [0.717, 1.165) is 53.5 Å². The number of aromatic nitrogens is 2. The van der Waals surface area contributed by atoms with Gasteiger partial charge in [-0.05, 0) is 60.4 Å². The summed E-state index contributed by atoms with van der Waals surface area (Å²) in [6.07, 6.45) is 4.36. The second kappa shape index (κ2) is 7.56. The smallest absolute Gasteiger partial charge is 0.268 e. The van der Waals surface area contributed by atoms with Crippen LogP contribution in [-0.4, -0.2) is 39.4 Å². The van der Waals surface area contributed by atoms with Crippen molar-refractivity contribution in [2.24, 2.45) is 5.41 Å². The number of hydrogen-bond acceptors (Lipinski definition) is 4. The molecule has 6 nitrogen and oxygen atoms in total. The summed E-state index contributed by atoms with van der Waals surface area (Å²) in [6.45, 7) is 5.19. The molecule has 2 aliphatic rings. The third-order valence-corrected chi connectivity index (χ3v) is 8.21. The Morgan fingerprint density at radius 1 is 1.15 bits per heavy atom. The minimum atomic E-state index is -0.134. The van der Waals surface area contributed by atoms with E-state index in [1.807, 2.05) is 53.4 Å². The molecule has 1 N–H and O–H groups in total. The fraction of sp³-hybridized carbons (Fsp3) is 0.269. The van der Waals surface area contributed by atoms with Gasteiger partial charge in [-0.15, -0.1) is 11.3 Å². The average molecular weight is 457 g/mol. The molecule has 0 unspecified atom stereocenters. The summed E-state index contributed by atoms with van der Waals surface area (Å²) in [7, 11) is 0. The molecule has 6 rings (SSSR count). The number of fused-ring (bicyclic) bond motifs is 2. The van der Waals surface area contributed by atoms with Gasteiger partial charge >= 0.3 is 0 Å². The van der Waals surface area contributed by atoms with Gasteiger partial charge in [0.2, 0.25) is 11.9 Å². The zero-order chi connectivity index (χ0) is 22.6. The molecule has 1 aliphatic carbocycles. The summed E-state index contributed by atoms with van der Waals surface area (Å²) >= 11 is 1.49. The van der Waals surface area contributed by atoms with Crippen LogP contribution in [0.2, 0.25) is 0 Å². The maximum atomic E-state index is 13.1. The zero-order valence-electron chi connectivity index (χ0n) is 18.2. The normalized spacial score (nSPS) is 22.1. The molecule has 2 amide bonds. The van der Waals surface area contributed by atoms with Crippen molar-refractivity contribution >= 4 is 50.2 Å². The van der Waals surface area contributed by atoms with E-state index in [1.165, 1.54) is 17.4 Å². The van der Waals surface area contributed by atoms with Crippen LogP contribution in [0.25, 0.3) is 21.1 Å². The molecule has 3 heterocycles. The molecule has 1 spiro atoms. The average Bonchev–Trinajstić information content (AvgIpc) is 3.52. The van der Waals surface area contributed by atoms with Crippen molar-refractivity contribution in [3.8, 4) is 0 Å². The molecule has 1 saturated heterocycles. The van der Waals surface area contributed by atoms with Gasteiger partial charge in [0.15, 0.2) is 0 Å². The Morgan fingerprint density at radius 2 is 1.94 bits per heavy atom. The summed E-state index contributed by atoms with van der Waals surface area (Å²) in [5.74, 6) is 0.473. The molecule has 0 radical (unpaired) electrons. The van der Waals surface area contributed by atoms with Crippen molar-refractivity contribution in [2.45, 2.75) is 25.3 Å². The lowest BCUT2D eigenvalue weighted by Crippen LogP contribution is -2.42. The quantitative estimate of drug-likeness (QED) is 0.427. The Labute approximate surface area is 195 Å². The van der Waals surface area contributed by atoms with Crippen molar-refractivity contribution in [2.75, 3.05) is 18.4 Å². The van der Waals surface area contributed by atoms with Crippen molar-refractivity contribution in [3.63, 3.8) is 0 Å². The number of carbonyl (C=O) groups excluding carboxylic acids is 2. The monoisotopic (exact) mass is 456 g/mol. The molecule has 33 heavy (non-hydrogen) atoms. The number of carbonyl (C=O) groups is 2. The molecule has 2 aromatic carbocycles. The highest BCUT2D eigenvalue weighted by atomic mass is 32.1. The number of hydrogen-bond donors (Lipinski definition) is 1. The first-order chi connectivity index (χ1) is 16.0. The molecule has 2 fully saturated rings. The number of benzene rings is 2. The number of amides is 2. The highest BCUT2D eigenvalue weighted by Crippen LogP contribution is 2.55. The second-order valence-electron chi connectivity index (χ2n) is 9.17. The number of rotatable bonds is 4. The van der Waals surface area contributed by atoms with E-state index in [2.05, 4.69) is 22.5 Å². The predicted octanol–water partition coefficient (Wildman–Crippen LogP) is 5.24. The van der Waals surface area contributed by atoms with E-state index >= 15 is 0 Å². The van der Waals surface area contributed by atoms with Crippen molar-refractivity contribution in [3.05, 3.63) is 72.1 Å². The van der Waals surface area contributed by atoms with Crippen LogP contribution in [0.3, 0.4) is 0 Å². The lowest BCUT2D eigenvalue weighted by atomic mass is 9.65. The first-order valence-electron chi connectivity index (χ1n) is 11.2. The Morgan fingerprint density at radius 3 is 2.76 bits per heavy atom. The van der Waals surface area contributed by atoms with Crippen LogP contribution in [0, 0.1) is 5.41 Å². The Kier molecular flexibility index (Phi) is 4.62. The van der Waals surface area contributed by atoms with Crippen LogP contribution < -0.4 is 5.32 Å². The van der Waals surface area contributed by atoms with Gasteiger partial charge in [-0.1, -0.05) is 36.9 Å². The van der Waals surface area contributed by atoms with E-state index in [4.69, 9.17) is 4.98 Å². The summed E-state index contributed by atoms with van der Waals surface area (Å²) in [5.41, 5.74) is 2.06. The molecule has 4 aromatic rings. The van der Waals surface area contributed by atoms with Crippen LogP contribution >= 0.6 is 11.3 Å². The van der Waals surface area contributed by atoms with Crippen molar-refractivity contribution < 1.29 is 9.59 Å². The lowest BCUT2D eigenvalue weighted by Gasteiger charge is -2.46. The van der Waals surface area contributed by atoms with E-state index in [-0.39, 0.29) is 23.3 Å². The number of nitrogens with zero attached hydrogens (tertiary/aromatic N) is 3. The fourth-order valence-electron chi connectivity index (χ4n) is 5.47. The highest BCUT2D eigenvalue weighted by molar-refractivity contribution is 7.20. The Hall–Kier alpha value is -3.45. The molecule has 0 atom stereocenters. The molecule has 1 saturated carbocycles. The largest absolute Gasteiger partial charge is 0.339 e. The number of likely N-dealkylation sites (tertiary alicyclic amines) is 1. The SMILES string of the molecule is C=CC(=O)N1CCC2(CC(n3c(NC(=O)c4cc5ccccc5s4)nc4ccccc43)C2)C1. The van der Waals surface area contributed by atoms with Crippen LogP contribution in [-0.2, 0) is 4.79 Å². The third kappa shape index (κ3) is 3.35. The van der Waals surface area contributed by atoms with E-state index in [1.54, 1.807) is 0 Å². The molecule has 166 valence electrons. The second-order valence-corrected chi connectivity index (χ2v) is 10.3. The van der Waals surface area contributed by atoms with Gasteiger partial charge < -0.3 is 9.47 Å². The molecule has 7 heteroatoms. The van der Waals surface area contributed by atoms with E-state index in [9.17, 15) is 9.59 Å². The molecule has 0 bridgehead atoms. The molecular weight excluding hydrogens is 432 g/mol. The third-order valence-electron chi connectivity index (χ3n) is 7.10. The zero-order valence-corrected chi connectivity index (χ0v) is 19.0. The Balaban J connectivity index is 1.28. The summed E-state index contributed by atoms with van der Waals surface area (Å²) < 4.78 is 3.28. The summed E-state index contributed by atoms with van der Waals surface area (Å²) in [5, 5.41) is 4.16. The first kappa shape index (κ1) is 20.2. The summed E-state index contributed by atoms with van der Waals surface area (Å²) in [4.78, 5) is 32.5. The highest BCUT2D eigenvalue weighted by Gasteiger charge is 2.50. The molecule has 2 aromatic heterocycles. The maximum Gasteiger partial charge on any atom is 0.268 e. The van der Waals surface area contributed by atoms with Gasteiger partial charge in [-0.25, -0.2) is 4.98 Å². The van der Waals surface area contributed by atoms with Crippen molar-refractivity contribution in [1.29, 1.82) is 0 Å². The van der Waals surface area contributed by atoms with Crippen LogP contribution in [0.5, 0.6) is 0 Å². The minimum absolute atomic E-state index is 0.0136. The van der Waals surface area contributed by atoms with Gasteiger partial charge in [0.05, 0.1) is 15.9 Å². The van der Waals surface area contributed by atoms with Gasteiger partial charge in [0.25, 0.3) is 5.91 Å². The fourth-order valence-corrected chi connectivity index (χ4v) is 6.43. The van der Waals surface area contributed by atoms with Gasteiger partial charge in [-0.3, -0.25) is 14.9 Å². The lowest BCUT2D eigenvalue weighted by molar-refractivity contribution is -0.125. The van der Waals surface area contributed by atoms with Gasteiger partial charge in [-0.2, -0.15) is 0 Å². The topological polar surface area (TPSA) is 67.2 Å². The van der Waals surface area contributed by atoms with Crippen molar-refractivity contribution in [1.82, 2.24) is 14.5 Å². The van der Waals surface area contributed by atoms with E-state index < -0.39 is 0 Å². The van der Waals surface area contributed by atoms with E-state index in [0.29, 0.717) is 10.8 Å². The number of nitrogens with one attached hydrogen (secondary N) is 1. The predicted molar refractivity (Wildman–Crippen MR) is 132 cm³/mol. The first-order valence-corrected chi connectivity index (χ1v) is 12.1. The van der Waals surface area contributed by atoms with Crippen LogP contribution in [0.15, 0.2) is 67.3 Å².